The molecule has 3 heteroatoms. The normalized spacial score (nSPS) is 26.0. The van der Waals surface area contributed by atoms with Gasteiger partial charge in [0.25, 0.3) is 0 Å². The summed E-state index contributed by atoms with van der Waals surface area (Å²) in [6, 6.07) is 7.48. The number of benzene rings is 1. The van der Waals surface area contributed by atoms with E-state index in [1.807, 2.05) is 0 Å². The summed E-state index contributed by atoms with van der Waals surface area (Å²) >= 11 is 0. The molecular weight excluding hydrogens is 222 g/mol. The van der Waals surface area contributed by atoms with Crippen LogP contribution in [0.15, 0.2) is 18.2 Å². The maximum Gasteiger partial charge on any atom is 0.0477 e. The molecule has 0 unspecified atom stereocenters. The molecule has 2 aliphatic heterocycles. The van der Waals surface area contributed by atoms with Gasteiger partial charge in [-0.05, 0) is 25.1 Å². The molecule has 0 aromatic heterocycles. The topological polar surface area (TPSA) is 18.5 Å². The average Bonchev–Trinajstić information content (AvgIpc) is 2.39. The summed E-state index contributed by atoms with van der Waals surface area (Å²) < 4.78 is 0. The Bertz CT molecular complexity index is 422. The fraction of sp³-hybridized carbons (Fsp3) is 0.600. The van der Waals surface area contributed by atoms with Crippen molar-refractivity contribution in [1.82, 2.24) is 15.1 Å². The van der Waals surface area contributed by atoms with E-state index in [1.54, 1.807) is 5.56 Å². The van der Waals surface area contributed by atoms with Gasteiger partial charge in [0.1, 0.15) is 0 Å². The molecule has 98 valence electrons. The summed E-state index contributed by atoms with van der Waals surface area (Å²) in [5.41, 5.74) is 4.42. The van der Waals surface area contributed by atoms with Gasteiger partial charge in [0, 0.05) is 45.3 Å². The highest BCUT2D eigenvalue weighted by atomic mass is 15.3. The van der Waals surface area contributed by atoms with Crippen molar-refractivity contribution in [3.8, 4) is 0 Å². The molecule has 18 heavy (non-hydrogen) atoms. The van der Waals surface area contributed by atoms with Crippen LogP contribution in [0, 0.1) is 6.92 Å². The quantitative estimate of drug-likeness (QED) is 0.806. The molecule has 0 radical (unpaired) electrons. The lowest BCUT2D eigenvalue weighted by Gasteiger charge is -2.40. The number of rotatable bonds is 1. The Balaban J connectivity index is 1.84. The van der Waals surface area contributed by atoms with Gasteiger partial charge in [0.15, 0.2) is 0 Å². The van der Waals surface area contributed by atoms with E-state index in [0.29, 0.717) is 6.04 Å². The maximum atomic E-state index is 3.56. The Labute approximate surface area is 110 Å². The highest BCUT2D eigenvalue weighted by Crippen LogP contribution is 2.28. The van der Waals surface area contributed by atoms with Crippen molar-refractivity contribution in [2.45, 2.75) is 19.5 Å². The second kappa shape index (κ2) is 5.00. The Morgan fingerprint density at radius 3 is 2.72 bits per heavy atom. The van der Waals surface area contributed by atoms with E-state index in [0.717, 1.165) is 13.1 Å². The number of piperazine rings is 1. The van der Waals surface area contributed by atoms with Gasteiger partial charge < -0.3 is 10.2 Å². The molecule has 1 atom stereocenters. The summed E-state index contributed by atoms with van der Waals surface area (Å²) in [7, 11) is 2.22. The molecule has 0 aliphatic carbocycles. The number of hydrogen-bond acceptors (Lipinski definition) is 3. The van der Waals surface area contributed by atoms with Crippen LogP contribution in [0.5, 0.6) is 0 Å². The lowest BCUT2D eigenvalue weighted by Crippen LogP contribution is -2.49. The predicted octanol–water partition coefficient (Wildman–Crippen LogP) is 1.39. The summed E-state index contributed by atoms with van der Waals surface area (Å²) in [6.07, 6.45) is 0. The number of nitrogens with one attached hydrogen (secondary N) is 1. The van der Waals surface area contributed by atoms with Crippen molar-refractivity contribution >= 4 is 0 Å². The van der Waals surface area contributed by atoms with Crippen LogP contribution in [0.4, 0.5) is 0 Å². The first kappa shape index (κ1) is 12.2. The second-order valence-electron chi connectivity index (χ2n) is 5.69. The monoisotopic (exact) mass is 245 g/mol. The fourth-order valence-corrected chi connectivity index (χ4v) is 3.10. The van der Waals surface area contributed by atoms with Crippen molar-refractivity contribution in [1.29, 1.82) is 0 Å². The molecule has 2 heterocycles. The van der Waals surface area contributed by atoms with Crippen LogP contribution in [-0.4, -0.2) is 49.6 Å². The number of hydrogen-bond donors (Lipinski definition) is 1. The minimum atomic E-state index is 0.572. The lowest BCUT2D eigenvalue weighted by molar-refractivity contribution is 0.106. The number of fused-ring (bicyclic) bond motifs is 1. The third-order valence-corrected chi connectivity index (χ3v) is 4.29. The molecule has 0 saturated carbocycles. The smallest absolute Gasteiger partial charge is 0.0477 e. The molecule has 1 fully saturated rings. The van der Waals surface area contributed by atoms with E-state index in [4.69, 9.17) is 0 Å². The first-order valence-electron chi connectivity index (χ1n) is 6.97. The molecule has 1 aromatic rings. The Kier molecular flexibility index (Phi) is 3.37. The van der Waals surface area contributed by atoms with Gasteiger partial charge in [-0.15, -0.1) is 0 Å². The molecule has 2 aliphatic rings. The summed E-state index contributed by atoms with van der Waals surface area (Å²) in [5.74, 6) is 0. The van der Waals surface area contributed by atoms with Gasteiger partial charge in [-0.3, -0.25) is 4.90 Å². The highest BCUT2D eigenvalue weighted by molar-refractivity contribution is 5.36. The van der Waals surface area contributed by atoms with E-state index < -0.39 is 0 Å². The zero-order valence-corrected chi connectivity index (χ0v) is 11.4. The van der Waals surface area contributed by atoms with Gasteiger partial charge >= 0.3 is 0 Å². The SMILES string of the molecule is Cc1ccc2c(c1)[C@H](N1CCN(C)CC1)CNC2. The molecule has 3 nitrogen and oxygen atoms in total. The van der Waals surface area contributed by atoms with E-state index in [2.05, 4.69) is 47.3 Å². The average molecular weight is 245 g/mol. The third-order valence-electron chi connectivity index (χ3n) is 4.29. The third kappa shape index (κ3) is 2.30. The summed E-state index contributed by atoms with van der Waals surface area (Å²) in [6.45, 7) is 9.09. The van der Waals surface area contributed by atoms with E-state index >= 15 is 0 Å². The first-order valence-corrected chi connectivity index (χ1v) is 6.97. The van der Waals surface area contributed by atoms with Gasteiger partial charge in [0.2, 0.25) is 0 Å². The van der Waals surface area contributed by atoms with Crippen molar-refractivity contribution < 1.29 is 0 Å². The molecular formula is C15H23N3. The standard InChI is InChI=1S/C15H23N3/c1-12-3-4-13-10-16-11-15(14(13)9-12)18-7-5-17(2)6-8-18/h3-4,9,15-16H,5-8,10-11H2,1-2H3/t15-/m1/s1. The molecule has 0 spiro atoms. The van der Waals surface area contributed by atoms with Crippen LogP contribution in [0.25, 0.3) is 0 Å². The van der Waals surface area contributed by atoms with Crippen molar-refractivity contribution in [3.63, 3.8) is 0 Å². The molecule has 3 rings (SSSR count). The van der Waals surface area contributed by atoms with Crippen LogP contribution in [0.1, 0.15) is 22.7 Å². The number of nitrogens with zero attached hydrogens (tertiary/aromatic N) is 2. The van der Waals surface area contributed by atoms with E-state index in [1.165, 1.54) is 37.3 Å². The molecule has 1 saturated heterocycles. The Morgan fingerprint density at radius 2 is 1.94 bits per heavy atom. The highest BCUT2D eigenvalue weighted by Gasteiger charge is 2.27. The molecule has 1 N–H and O–H groups in total. The minimum absolute atomic E-state index is 0.572. The molecule has 1 aromatic carbocycles. The lowest BCUT2D eigenvalue weighted by atomic mass is 9.93. The Hall–Kier alpha value is -0.900. The van der Waals surface area contributed by atoms with Crippen molar-refractivity contribution in [2.75, 3.05) is 39.8 Å². The van der Waals surface area contributed by atoms with Gasteiger partial charge in [-0.1, -0.05) is 23.8 Å². The van der Waals surface area contributed by atoms with Crippen LogP contribution in [0.3, 0.4) is 0 Å². The second-order valence-corrected chi connectivity index (χ2v) is 5.69. The number of aryl methyl sites for hydroxylation is 1. The maximum absolute atomic E-state index is 3.56. The Morgan fingerprint density at radius 1 is 1.17 bits per heavy atom. The molecule has 0 bridgehead atoms. The zero-order chi connectivity index (χ0) is 12.5. The van der Waals surface area contributed by atoms with Crippen molar-refractivity contribution in [3.05, 3.63) is 34.9 Å². The minimum Gasteiger partial charge on any atom is -0.311 e. The van der Waals surface area contributed by atoms with E-state index in [-0.39, 0.29) is 0 Å². The molecule has 0 amide bonds. The van der Waals surface area contributed by atoms with Crippen molar-refractivity contribution in [2.24, 2.45) is 0 Å². The van der Waals surface area contributed by atoms with Gasteiger partial charge in [-0.2, -0.15) is 0 Å². The van der Waals surface area contributed by atoms with Gasteiger partial charge in [0.05, 0.1) is 0 Å². The fourth-order valence-electron chi connectivity index (χ4n) is 3.10. The number of likely N-dealkylation sites (N-methyl/N-ethyl adjacent to an activating group) is 1. The summed E-state index contributed by atoms with van der Waals surface area (Å²) in [4.78, 5) is 5.06. The van der Waals surface area contributed by atoms with Crippen LogP contribution in [-0.2, 0) is 6.54 Å². The van der Waals surface area contributed by atoms with Crippen LogP contribution in [0.2, 0.25) is 0 Å². The van der Waals surface area contributed by atoms with Gasteiger partial charge in [-0.25, -0.2) is 0 Å². The zero-order valence-electron chi connectivity index (χ0n) is 11.4. The predicted molar refractivity (Wildman–Crippen MR) is 74.7 cm³/mol. The first-order chi connectivity index (χ1) is 8.74. The van der Waals surface area contributed by atoms with Crippen LogP contribution >= 0.6 is 0 Å². The van der Waals surface area contributed by atoms with Crippen LogP contribution < -0.4 is 5.32 Å². The largest absolute Gasteiger partial charge is 0.311 e. The van der Waals surface area contributed by atoms with E-state index in [9.17, 15) is 0 Å². The summed E-state index contributed by atoms with van der Waals surface area (Å²) in [5, 5.41) is 3.56.